The highest BCUT2D eigenvalue weighted by atomic mass is 32.2. The topological polar surface area (TPSA) is 38.0 Å². The van der Waals surface area contributed by atoms with Crippen LogP contribution in [-0.4, -0.2) is 6.26 Å². The molecule has 100 valence electrons. The van der Waals surface area contributed by atoms with Gasteiger partial charge in [-0.1, -0.05) is 42.0 Å². The highest BCUT2D eigenvalue weighted by molar-refractivity contribution is 7.98. The maximum absolute atomic E-state index is 5.82. The molecule has 0 saturated carbocycles. The van der Waals surface area contributed by atoms with Crippen LogP contribution in [-0.2, 0) is 0 Å². The Morgan fingerprint density at radius 2 is 1.79 bits per heavy atom. The van der Waals surface area contributed by atoms with Crippen LogP contribution in [0, 0.1) is 13.8 Å². The number of hydrogen-bond donors (Lipinski definition) is 2. The smallest absolute Gasteiger partial charge is 0.0723 e. The highest BCUT2D eigenvalue weighted by Crippen LogP contribution is 2.31. The zero-order valence-electron chi connectivity index (χ0n) is 11.6. The molecule has 0 aromatic heterocycles. The Morgan fingerprint density at radius 3 is 2.47 bits per heavy atom. The lowest BCUT2D eigenvalue weighted by molar-refractivity contribution is 0.624. The van der Waals surface area contributed by atoms with Crippen molar-refractivity contribution >= 4 is 11.8 Å². The summed E-state index contributed by atoms with van der Waals surface area (Å²) >= 11 is 1.75. The van der Waals surface area contributed by atoms with Crippen molar-refractivity contribution in [2.45, 2.75) is 24.8 Å². The van der Waals surface area contributed by atoms with E-state index in [9.17, 15) is 0 Å². The molecule has 0 heterocycles. The first-order valence-electron chi connectivity index (χ1n) is 6.33. The maximum Gasteiger partial charge on any atom is 0.0723 e. The zero-order chi connectivity index (χ0) is 13.8. The van der Waals surface area contributed by atoms with Crippen LogP contribution >= 0.6 is 11.8 Å². The lowest BCUT2D eigenvalue weighted by Gasteiger charge is -2.21. The summed E-state index contributed by atoms with van der Waals surface area (Å²) in [5.41, 5.74) is 7.94. The van der Waals surface area contributed by atoms with Crippen molar-refractivity contribution in [2.75, 3.05) is 6.26 Å². The number of rotatable bonds is 4. The Bertz CT molecular complexity index is 566. The second-order valence-corrected chi connectivity index (χ2v) is 5.55. The van der Waals surface area contributed by atoms with E-state index in [4.69, 9.17) is 5.84 Å². The van der Waals surface area contributed by atoms with Crippen molar-refractivity contribution in [3.05, 3.63) is 64.7 Å². The fourth-order valence-corrected chi connectivity index (χ4v) is 2.96. The molecule has 3 N–H and O–H groups in total. The van der Waals surface area contributed by atoms with E-state index < -0.39 is 0 Å². The van der Waals surface area contributed by atoms with Crippen molar-refractivity contribution in [2.24, 2.45) is 5.84 Å². The number of nitrogens with one attached hydrogen (secondary N) is 1. The molecule has 0 aliphatic heterocycles. The van der Waals surface area contributed by atoms with Crippen LogP contribution in [0.5, 0.6) is 0 Å². The predicted octanol–water partition coefficient (Wildman–Crippen LogP) is 3.58. The van der Waals surface area contributed by atoms with Gasteiger partial charge in [-0.05, 0) is 42.9 Å². The average Bonchev–Trinajstić information content (AvgIpc) is 2.44. The largest absolute Gasteiger partial charge is 0.271 e. The van der Waals surface area contributed by atoms with Gasteiger partial charge in [-0.25, -0.2) is 5.43 Å². The number of nitrogens with two attached hydrogens (primary N) is 1. The molecule has 0 amide bonds. The van der Waals surface area contributed by atoms with Gasteiger partial charge in [0.05, 0.1) is 6.04 Å². The van der Waals surface area contributed by atoms with Gasteiger partial charge in [-0.15, -0.1) is 11.8 Å². The number of hydrogen-bond acceptors (Lipinski definition) is 3. The van der Waals surface area contributed by atoms with Crippen LogP contribution in [0.15, 0.2) is 47.4 Å². The first-order valence-corrected chi connectivity index (χ1v) is 7.56. The fourth-order valence-electron chi connectivity index (χ4n) is 2.32. The number of aryl methyl sites for hydroxylation is 2. The van der Waals surface area contributed by atoms with E-state index in [1.807, 2.05) is 0 Å². The van der Waals surface area contributed by atoms with E-state index in [-0.39, 0.29) is 6.04 Å². The third-order valence-corrected chi connectivity index (χ3v) is 4.17. The summed E-state index contributed by atoms with van der Waals surface area (Å²) in [5, 5.41) is 0. The fraction of sp³-hybridized carbons (Fsp3) is 0.250. The number of benzene rings is 2. The number of thioether (sulfide) groups is 1. The molecule has 2 aromatic rings. The summed E-state index contributed by atoms with van der Waals surface area (Å²) in [7, 11) is 0. The van der Waals surface area contributed by atoms with Crippen LogP contribution in [0.25, 0.3) is 0 Å². The van der Waals surface area contributed by atoms with Gasteiger partial charge in [0.25, 0.3) is 0 Å². The minimum Gasteiger partial charge on any atom is -0.271 e. The van der Waals surface area contributed by atoms with Crippen molar-refractivity contribution in [1.29, 1.82) is 0 Å². The monoisotopic (exact) mass is 272 g/mol. The minimum atomic E-state index is 0.0311. The summed E-state index contributed by atoms with van der Waals surface area (Å²) in [4.78, 5) is 1.26. The summed E-state index contributed by atoms with van der Waals surface area (Å²) in [6.07, 6.45) is 2.09. The van der Waals surface area contributed by atoms with Crippen LogP contribution in [0.1, 0.15) is 28.3 Å². The zero-order valence-corrected chi connectivity index (χ0v) is 12.4. The number of hydrazine groups is 1. The Morgan fingerprint density at radius 1 is 1.05 bits per heavy atom. The first kappa shape index (κ1) is 14.1. The van der Waals surface area contributed by atoms with Gasteiger partial charge in [0, 0.05) is 4.90 Å². The SMILES string of the molecule is CSc1ccccc1C(NN)c1cc(C)ccc1C. The third kappa shape index (κ3) is 3.00. The van der Waals surface area contributed by atoms with Crippen molar-refractivity contribution in [3.8, 4) is 0 Å². The molecule has 0 aliphatic carbocycles. The molecule has 0 fully saturated rings. The van der Waals surface area contributed by atoms with Crippen molar-refractivity contribution in [1.82, 2.24) is 5.43 Å². The second kappa shape index (κ2) is 6.24. The molecule has 2 aromatic carbocycles. The van der Waals surface area contributed by atoms with E-state index in [2.05, 4.69) is 68.0 Å². The standard InChI is InChI=1S/C16H20N2S/c1-11-8-9-12(2)14(10-11)16(18-17)13-6-4-5-7-15(13)19-3/h4-10,16,18H,17H2,1-3H3. The van der Waals surface area contributed by atoms with Crippen molar-refractivity contribution < 1.29 is 0 Å². The Balaban J connectivity index is 2.53. The molecule has 2 rings (SSSR count). The van der Waals surface area contributed by atoms with Crippen LogP contribution in [0.3, 0.4) is 0 Å². The Hall–Kier alpha value is -1.29. The van der Waals surface area contributed by atoms with Crippen molar-refractivity contribution in [3.63, 3.8) is 0 Å². The van der Waals surface area contributed by atoms with Crippen LogP contribution < -0.4 is 11.3 Å². The first-order chi connectivity index (χ1) is 9.17. The molecule has 0 radical (unpaired) electrons. The summed E-state index contributed by atoms with van der Waals surface area (Å²) in [6.45, 7) is 4.23. The molecule has 0 saturated heterocycles. The Labute approximate surface area is 119 Å². The van der Waals surface area contributed by atoms with E-state index >= 15 is 0 Å². The molecule has 1 unspecified atom stereocenters. The van der Waals surface area contributed by atoms with Gasteiger partial charge in [0.2, 0.25) is 0 Å². The van der Waals surface area contributed by atoms with Gasteiger partial charge in [0.1, 0.15) is 0 Å². The summed E-state index contributed by atoms with van der Waals surface area (Å²) in [5.74, 6) is 5.82. The maximum atomic E-state index is 5.82. The molecule has 1 atom stereocenters. The van der Waals surface area contributed by atoms with Gasteiger partial charge in [-0.2, -0.15) is 0 Å². The lowest BCUT2D eigenvalue weighted by Crippen LogP contribution is -2.29. The van der Waals surface area contributed by atoms with Gasteiger partial charge >= 0.3 is 0 Å². The molecule has 2 nitrogen and oxygen atoms in total. The van der Waals surface area contributed by atoms with Crippen LogP contribution in [0.2, 0.25) is 0 Å². The van der Waals surface area contributed by atoms with Crippen LogP contribution in [0.4, 0.5) is 0 Å². The van der Waals surface area contributed by atoms with E-state index in [1.54, 1.807) is 11.8 Å². The lowest BCUT2D eigenvalue weighted by atomic mass is 9.94. The molecule has 3 heteroatoms. The molecular weight excluding hydrogens is 252 g/mol. The predicted molar refractivity (Wildman–Crippen MR) is 83.3 cm³/mol. The van der Waals surface area contributed by atoms with Gasteiger partial charge in [0.15, 0.2) is 0 Å². The highest BCUT2D eigenvalue weighted by Gasteiger charge is 2.17. The second-order valence-electron chi connectivity index (χ2n) is 4.70. The Kier molecular flexibility index (Phi) is 4.64. The third-order valence-electron chi connectivity index (χ3n) is 3.36. The minimum absolute atomic E-state index is 0.0311. The van der Waals surface area contributed by atoms with Gasteiger partial charge < -0.3 is 0 Å². The van der Waals surface area contributed by atoms with E-state index in [0.717, 1.165) is 0 Å². The molecule has 0 aliphatic rings. The molecule has 0 bridgehead atoms. The molecule has 0 spiro atoms. The molecule has 19 heavy (non-hydrogen) atoms. The summed E-state index contributed by atoms with van der Waals surface area (Å²) < 4.78 is 0. The van der Waals surface area contributed by atoms with Gasteiger partial charge in [-0.3, -0.25) is 5.84 Å². The molecular formula is C16H20N2S. The van der Waals surface area contributed by atoms with E-state index in [1.165, 1.54) is 27.1 Å². The average molecular weight is 272 g/mol. The van der Waals surface area contributed by atoms with E-state index in [0.29, 0.717) is 0 Å². The quantitative estimate of drug-likeness (QED) is 0.507. The normalized spacial score (nSPS) is 12.4. The summed E-state index contributed by atoms with van der Waals surface area (Å²) in [6, 6.07) is 14.9.